The Bertz CT molecular complexity index is 911. The van der Waals surface area contributed by atoms with E-state index in [2.05, 4.69) is 40.7 Å². The van der Waals surface area contributed by atoms with Crippen LogP contribution in [0.25, 0.3) is 11.3 Å². The minimum atomic E-state index is 0.0322. The predicted octanol–water partition coefficient (Wildman–Crippen LogP) is 6.26. The number of allylic oxidation sites excluding steroid dienone is 4. The Morgan fingerprint density at radius 1 is 1.10 bits per heavy atom. The van der Waals surface area contributed by atoms with Crippen molar-refractivity contribution in [2.45, 2.75) is 64.2 Å². The van der Waals surface area contributed by atoms with Gasteiger partial charge in [0.15, 0.2) is 5.82 Å². The van der Waals surface area contributed by atoms with E-state index in [4.69, 9.17) is 4.98 Å². The van der Waals surface area contributed by atoms with Crippen LogP contribution in [0, 0.1) is 5.92 Å². The fourth-order valence-corrected chi connectivity index (χ4v) is 4.41. The monoisotopic (exact) mass is 401 g/mol. The molecule has 0 spiro atoms. The molecule has 1 amide bonds. The summed E-state index contributed by atoms with van der Waals surface area (Å²) in [6.07, 6.45) is 19.0. The molecule has 0 unspecified atom stereocenters. The van der Waals surface area contributed by atoms with Crippen molar-refractivity contribution in [3.8, 4) is 11.3 Å². The van der Waals surface area contributed by atoms with Crippen LogP contribution < -0.4 is 5.32 Å². The van der Waals surface area contributed by atoms with Crippen LogP contribution in [0.3, 0.4) is 0 Å². The molecule has 1 aromatic carbocycles. The number of rotatable bonds is 8. The standard InChI is InChI=1S/C26H31N3O/c30-25(17-9-14-20-10-3-1-4-11-20)29-26-23(18-21-12-7-8-13-21)28-24(19-27-26)22-15-5-2-6-16-22/h2-3,5-6,10-11,15-16,19,21H,1,4,7-9,12-14,17-18H2,(H,27,29,30). The molecule has 1 fully saturated rings. The Kier molecular flexibility index (Phi) is 7.07. The van der Waals surface area contributed by atoms with Gasteiger partial charge in [-0.05, 0) is 38.0 Å². The van der Waals surface area contributed by atoms with E-state index in [9.17, 15) is 4.79 Å². The van der Waals surface area contributed by atoms with E-state index in [0.717, 1.165) is 49.1 Å². The normalized spacial score (nSPS) is 16.5. The van der Waals surface area contributed by atoms with E-state index in [-0.39, 0.29) is 5.91 Å². The van der Waals surface area contributed by atoms with E-state index in [1.165, 1.54) is 31.3 Å². The molecular formula is C26H31N3O. The van der Waals surface area contributed by atoms with E-state index < -0.39 is 0 Å². The van der Waals surface area contributed by atoms with Gasteiger partial charge in [-0.25, -0.2) is 9.97 Å². The maximum absolute atomic E-state index is 12.6. The highest BCUT2D eigenvalue weighted by Gasteiger charge is 2.20. The predicted molar refractivity (Wildman–Crippen MR) is 122 cm³/mol. The number of carbonyl (C=O) groups is 1. The first kappa shape index (κ1) is 20.5. The first-order chi connectivity index (χ1) is 14.8. The number of hydrogen-bond donors (Lipinski definition) is 1. The molecule has 2 aliphatic carbocycles. The fraction of sp³-hybridized carbons (Fsp3) is 0.423. The van der Waals surface area contributed by atoms with Crippen molar-refractivity contribution in [3.05, 3.63) is 66.0 Å². The molecule has 1 aromatic heterocycles. The van der Waals surface area contributed by atoms with Gasteiger partial charge in [-0.15, -0.1) is 0 Å². The third-order valence-corrected chi connectivity index (χ3v) is 6.07. The van der Waals surface area contributed by atoms with Gasteiger partial charge < -0.3 is 5.32 Å². The molecule has 1 N–H and O–H groups in total. The van der Waals surface area contributed by atoms with Crippen LogP contribution in [0.15, 0.2) is 60.3 Å². The van der Waals surface area contributed by atoms with Crippen molar-refractivity contribution >= 4 is 11.7 Å². The smallest absolute Gasteiger partial charge is 0.225 e. The summed E-state index contributed by atoms with van der Waals surface area (Å²) in [6, 6.07) is 10.1. The van der Waals surface area contributed by atoms with Crippen LogP contribution in [0.2, 0.25) is 0 Å². The summed E-state index contributed by atoms with van der Waals surface area (Å²) in [4.78, 5) is 22.1. The van der Waals surface area contributed by atoms with Gasteiger partial charge in [0, 0.05) is 12.0 Å². The average molecular weight is 402 g/mol. The summed E-state index contributed by atoms with van der Waals surface area (Å²) >= 11 is 0. The first-order valence-corrected chi connectivity index (χ1v) is 11.3. The van der Waals surface area contributed by atoms with Gasteiger partial charge in [-0.2, -0.15) is 0 Å². The van der Waals surface area contributed by atoms with E-state index >= 15 is 0 Å². The largest absolute Gasteiger partial charge is 0.309 e. The second kappa shape index (κ2) is 10.3. The number of carbonyl (C=O) groups excluding carboxylic acids is 1. The zero-order valence-electron chi connectivity index (χ0n) is 17.6. The number of aromatic nitrogens is 2. The third kappa shape index (κ3) is 5.65. The minimum Gasteiger partial charge on any atom is -0.309 e. The number of benzene rings is 1. The lowest BCUT2D eigenvalue weighted by Gasteiger charge is -2.14. The summed E-state index contributed by atoms with van der Waals surface area (Å²) in [5.41, 5.74) is 4.21. The Morgan fingerprint density at radius 2 is 1.93 bits per heavy atom. The van der Waals surface area contributed by atoms with Crippen molar-refractivity contribution in [2.24, 2.45) is 5.92 Å². The molecule has 4 nitrogen and oxygen atoms in total. The lowest BCUT2D eigenvalue weighted by molar-refractivity contribution is -0.116. The Labute approximate surface area is 179 Å². The number of anilines is 1. The Hall–Kier alpha value is -2.75. The molecule has 4 rings (SSSR count). The second-order valence-electron chi connectivity index (χ2n) is 8.43. The van der Waals surface area contributed by atoms with Crippen LogP contribution in [0.4, 0.5) is 5.82 Å². The van der Waals surface area contributed by atoms with Gasteiger partial charge >= 0.3 is 0 Å². The summed E-state index contributed by atoms with van der Waals surface area (Å²) in [7, 11) is 0. The zero-order valence-corrected chi connectivity index (χ0v) is 17.6. The maximum atomic E-state index is 12.6. The van der Waals surface area contributed by atoms with Crippen LogP contribution in [0.1, 0.15) is 63.5 Å². The van der Waals surface area contributed by atoms with Gasteiger partial charge in [0.05, 0.1) is 17.6 Å². The molecule has 1 saturated carbocycles. The van der Waals surface area contributed by atoms with Gasteiger partial charge in [-0.1, -0.05) is 79.8 Å². The van der Waals surface area contributed by atoms with Gasteiger partial charge in [0.1, 0.15) is 0 Å². The lowest BCUT2D eigenvalue weighted by Crippen LogP contribution is -2.16. The summed E-state index contributed by atoms with van der Waals surface area (Å²) < 4.78 is 0. The van der Waals surface area contributed by atoms with Gasteiger partial charge in [0.2, 0.25) is 5.91 Å². The summed E-state index contributed by atoms with van der Waals surface area (Å²) in [5.74, 6) is 1.32. The van der Waals surface area contributed by atoms with Crippen molar-refractivity contribution in [1.82, 2.24) is 9.97 Å². The average Bonchev–Trinajstić information content (AvgIpc) is 3.29. The molecule has 0 radical (unpaired) electrons. The molecule has 0 atom stereocenters. The third-order valence-electron chi connectivity index (χ3n) is 6.07. The molecule has 2 aromatic rings. The second-order valence-corrected chi connectivity index (χ2v) is 8.43. The number of hydrogen-bond acceptors (Lipinski definition) is 3. The van der Waals surface area contributed by atoms with Crippen LogP contribution >= 0.6 is 0 Å². The van der Waals surface area contributed by atoms with E-state index in [0.29, 0.717) is 18.2 Å². The number of nitrogens with one attached hydrogen (secondary N) is 1. The van der Waals surface area contributed by atoms with Crippen molar-refractivity contribution in [1.29, 1.82) is 0 Å². The Balaban J connectivity index is 1.43. The molecule has 2 aliphatic rings. The van der Waals surface area contributed by atoms with Gasteiger partial charge in [0.25, 0.3) is 0 Å². The minimum absolute atomic E-state index is 0.0322. The molecule has 0 aliphatic heterocycles. The molecule has 4 heteroatoms. The molecule has 156 valence electrons. The highest BCUT2D eigenvalue weighted by molar-refractivity contribution is 5.90. The molecule has 0 bridgehead atoms. The summed E-state index contributed by atoms with van der Waals surface area (Å²) in [6.45, 7) is 0. The molecular weight excluding hydrogens is 370 g/mol. The fourth-order valence-electron chi connectivity index (χ4n) is 4.41. The molecule has 1 heterocycles. The van der Waals surface area contributed by atoms with Gasteiger partial charge in [-0.3, -0.25) is 4.79 Å². The number of amides is 1. The topological polar surface area (TPSA) is 54.9 Å². The highest BCUT2D eigenvalue weighted by Crippen LogP contribution is 2.30. The quantitative estimate of drug-likeness (QED) is 0.568. The first-order valence-electron chi connectivity index (χ1n) is 11.3. The van der Waals surface area contributed by atoms with Crippen molar-refractivity contribution < 1.29 is 4.79 Å². The Morgan fingerprint density at radius 3 is 2.70 bits per heavy atom. The molecule has 0 saturated heterocycles. The highest BCUT2D eigenvalue weighted by atomic mass is 16.1. The molecule has 30 heavy (non-hydrogen) atoms. The van der Waals surface area contributed by atoms with Crippen LogP contribution in [-0.2, 0) is 11.2 Å². The summed E-state index contributed by atoms with van der Waals surface area (Å²) in [5, 5.41) is 3.05. The van der Waals surface area contributed by atoms with Crippen molar-refractivity contribution in [2.75, 3.05) is 5.32 Å². The lowest BCUT2D eigenvalue weighted by atomic mass is 10.0. The van der Waals surface area contributed by atoms with Crippen LogP contribution in [0.5, 0.6) is 0 Å². The van der Waals surface area contributed by atoms with Crippen LogP contribution in [-0.4, -0.2) is 15.9 Å². The maximum Gasteiger partial charge on any atom is 0.225 e. The SMILES string of the molecule is O=C(CCCC1=CCCC=C1)Nc1ncc(-c2ccccc2)nc1CC1CCCC1. The van der Waals surface area contributed by atoms with E-state index in [1.54, 1.807) is 6.20 Å². The van der Waals surface area contributed by atoms with E-state index in [1.807, 2.05) is 18.2 Å². The zero-order chi connectivity index (χ0) is 20.6. The van der Waals surface area contributed by atoms with Crippen molar-refractivity contribution in [3.63, 3.8) is 0 Å². The number of nitrogens with zero attached hydrogens (tertiary/aromatic N) is 2.